The highest BCUT2D eigenvalue weighted by atomic mass is 32.2. The van der Waals surface area contributed by atoms with Crippen LogP contribution in [0.4, 0.5) is 0 Å². The zero-order chi connectivity index (χ0) is 35.3. The third kappa shape index (κ3) is 7.85. The van der Waals surface area contributed by atoms with Gasteiger partial charge in [-0.1, -0.05) is 67.6 Å². The molecule has 0 aliphatic heterocycles. The Balaban J connectivity index is 1.10. The number of aromatic hydroxyl groups is 1. The molecule has 0 saturated carbocycles. The summed E-state index contributed by atoms with van der Waals surface area (Å²) in [5.74, 6) is 2.95. The fourth-order valence-electron chi connectivity index (χ4n) is 5.62. The zero-order valence-electron chi connectivity index (χ0n) is 28.5. The molecule has 6 nitrogen and oxygen atoms in total. The van der Waals surface area contributed by atoms with Crippen molar-refractivity contribution in [3.8, 4) is 51.0 Å². The minimum atomic E-state index is -3.76. The highest BCUT2D eigenvalue weighted by Crippen LogP contribution is 2.35. The molecule has 6 aromatic rings. The molecule has 254 valence electrons. The summed E-state index contributed by atoms with van der Waals surface area (Å²) in [5.41, 5.74) is 4.31. The molecular weight excluding hydrogens is 645 g/mol. The van der Waals surface area contributed by atoms with E-state index >= 15 is 0 Å². The Morgan fingerprint density at radius 2 is 0.940 bits per heavy atom. The molecule has 0 radical (unpaired) electrons. The van der Waals surface area contributed by atoms with E-state index in [1.807, 2.05) is 125 Å². The fraction of sp³-hybridized carbons (Fsp3) is 0.163. The molecule has 1 N–H and O–H groups in total. The van der Waals surface area contributed by atoms with Gasteiger partial charge in [-0.2, -0.15) is 0 Å². The summed E-state index contributed by atoms with van der Waals surface area (Å²) in [7, 11) is -3.76. The van der Waals surface area contributed by atoms with Crippen molar-refractivity contribution in [2.45, 2.75) is 55.6 Å². The molecule has 0 bridgehead atoms. The average molecular weight is 685 g/mol. The van der Waals surface area contributed by atoms with Gasteiger partial charge < -0.3 is 19.3 Å². The third-order valence-electron chi connectivity index (χ3n) is 8.63. The van der Waals surface area contributed by atoms with E-state index in [2.05, 4.69) is 0 Å². The Kier molecular flexibility index (Phi) is 9.98. The van der Waals surface area contributed by atoms with Crippen LogP contribution in [-0.4, -0.2) is 19.6 Å². The topological polar surface area (TPSA) is 82.1 Å². The minimum absolute atomic E-state index is 0.122. The van der Waals surface area contributed by atoms with E-state index in [1.54, 1.807) is 48.5 Å². The van der Waals surface area contributed by atoms with Gasteiger partial charge in [-0.25, -0.2) is 8.42 Å². The van der Waals surface area contributed by atoms with Gasteiger partial charge in [0.15, 0.2) is 0 Å². The first-order valence-electron chi connectivity index (χ1n) is 16.6. The normalized spacial score (nSPS) is 12.7. The average Bonchev–Trinajstić information content (AvgIpc) is 3.13. The molecule has 0 heterocycles. The summed E-state index contributed by atoms with van der Waals surface area (Å²) in [6.45, 7) is 8.04. The van der Waals surface area contributed by atoms with Gasteiger partial charge in [0.25, 0.3) is 0 Å². The van der Waals surface area contributed by atoms with E-state index in [9.17, 15) is 13.5 Å². The van der Waals surface area contributed by atoms with Crippen molar-refractivity contribution in [1.29, 1.82) is 0 Å². The van der Waals surface area contributed by atoms with Crippen molar-refractivity contribution in [3.05, 3.63) is 151 Å². The lowest BCUT2D eigenvalue weighted by molar-refractivity contribution is 0.0825. The largest absolute Gasteiger partial charge is 0.508 e. The summed E-state index contributed by atoms with van der Waals surface area (Å²) in [5, 5.41) is 9.58. The number of hydrogen-bond acceptors (Lipinski definition) is 6. The van der Waals surface area contributed by atoms with E-state index in [0.717, 1.165) is 33.6 Å². The first-order valence-corrected chi connectivity index (χ1v) is 18.1. The summed E-state index contributed by atoms with van der Waals surface area (Å²) in [4.78, 5) is 0.382. The lowest BCUT2D eigenvalue weighted by Crippen LogP contribution is -2.28. The molecule has 6 aromatic carbocycles. The van der Waals surface area contributed by atoms with Crippen molar-refractivity contribution in [2.24, 2.45) is 0 Å². The van der Waals surface area contributed by atoms with Crippen LogP contribution in [-0.2, 0) is 15.4 Å². The maximum Gasteiger partial charge on any atom is 0.206 e. The summed E-state index contributed by atoms with van der Waals surface area (Å²) in [6, 6.07) is 43.9. The highest BCUT2D eigenvalue weighted by Gasteiger charge is 2.28. The number of sulfone groups is 1. The van der Waals surface area contributed by atoms with E-state index in [-0.39, 0.29) is 21.6 Å². The molecule has 7 heteroatoms. The second-order valence-corrected chi connectivity index (χ2v) is 14.5. The molecule has 0 amide bonds. The lowest BCUT2D eigenvalue weighted by atomic mass is 9.93. The van der Waals surface area contributed by atoms with Crippen molar-refractivity contribution < 1.29 is 27.7 Å². The molecular formula is C43H40O6S. The molecule has 0 aliphatic carbocycles. The van der Waals surface area contributed by atoms with Crippen LogP contribution in [0.15, 0.2) is 155 Å². The van der Waals surface area contributed by atoms with Gasteiger partial charge in [0, 0.05) is 0 Å². The molecule has 6 rings (SSSR count). The molecule has 0 aromatic heterocycles. The predicted molar refractivity (Wildman–Crippen MR) is 198 cm³/mol. The van der Waals surface area contributed by atoms with Gasteiger partial charge in [-0.15, -0.1) is 0 Å². The number of phenols is 1. The van der Waals surface area contributed by atoms with E-state index < -0.39 is 15.4 Å². The van der Waals surface area contributed by atoms with Gasteiger partial charge >= 0.3 is 0 Å². The Bertz CT molecular complexity index is 2120. The number of rotatable bonds is 12. The lowest BCUT2D eigenvalue weighted by Gasteiger charge is -2.30. The Hall–Kier alpha value is -5.53. The molecule has 0 saturated heterocycles. The standard InChI is InChI=1S/C43H40O6S/c1-5-43(4,49-40-22-12-34(13-23-40)31-6-16-36(44)17-7-31)35-14-26-41(27-15-35)50(45,46)42-28-24-39(25-29-42)48-38-20-10-33(11-21-38)32-8-18-37(19-9-32)47-30(2)3/h6-30,44H,5H2,1-4H3. The zero-order valence-corrected chi connectivity index (χ0v) is 29.4. The van der Waals surface area contributed by atoms with E-state index in [4.69, 9.17) is 14.2 Å². The maximum absolute atomic E-state index is 13.5. The second-order valence-electron chi connectivity index (χ2n) is 12.6. The fourth-order valence-corrected chi connectivity index (χ4v) is 6.88. The van der Waals surface area contributed by atoms with Crippen LogP contribution in [0.5, 0.6) is 28.7 Å². The predicted octanol–water partition coefficient (Wildman–Crippen LogP) is 10.8. The van der Waals surface area contributed by atoms with Crippen LogP contribution >= 0.6 is 0 Å². The van der Waals surface area contributed by atoms with Crippen LogP contribution in [0.3, 0.4) is 0 Å². The van der Waals surface area contributed by atoms with Crippen LogP contribution in [0.1, 0.15) is 39.7 Å². The quantitative estimate of drug-likeness (QED) is 0.138. The van der Waals surface area contributed by atoms with Crippen molar-refractivity contribution in [2.75, 3.05) is 0 Å². The minimum Gasteiger partial charge on any atom is -0.508 e. The molecule has 0 fully saturated rings. The van der Waals surface area contributed by atoms with Crippen molar-refractivity contribution >= 4 is 9.84 Å². The van der Waals surface area contributed by atoms with E-state index in [0.29, 0.717) is 23.7 Å². The van der Waals surface area contributed by atoms with Gasteiger partial charge in [0.05, 0.1) is 15.9 Å². The number of ether oxygens (including phenoxy) is 3. The molecule has 1 unspecified atom stereocenters. The van der Waals surface area contributed by atoms with Crippen molar-refractivity contribution in [3.63, 3.8) is 0 Å². The molecule has 0 aliphatic rings. The molecule has 1 atom stereocenters. The summed E-state index contributed by atoms with van der Waals surface area (Å²) >= 11 is 0. The Morgan fingerprint density at radius 3 is 1.38 bits per heavy atom. The number of benzene rings is 6. The number of phenolic OH excluding ortho intramolecular Hbond substituents is 1. The Labute approximate surface area is 294 Å². The number of hydrogen-bond donors (Lipinski definition) is 1. The van der Waals surface area contributed by atoms with Gasteiger partial charge in [0.2, 0.25) is 9.84 Å². The second kappa shape index (κ2) is 14.5. The van der Waals surface area contributed by atoms with Crippen LogP contribution in [0.2, 0.25) is 0 Å². The van der Waals surface area contributed by atoms with Gasteiger partial charge in [-0.3, -0.25) is 0 Å². The molecule has 50 heavy (non-hydrogen) atoms. The van der Waals surface area contributed by atoms with Crippen LogP contribution in [0, 0.1) is 0 Å². The van der Waals surface area contributed by atoms with Crippen LogP contribution < -0.4 is 14.2 Å². The summed E-state index contributed by atoms with van der Waals surface area (Å²) in [6.07, 6.45) is 0.793. The van der Waals surface area contributed by atoms with Crippen molar-refractivity contribution in [1.82, 2.24) is 0 Å². The first-order chi connectivity index (χ1) is 24.0. The summed E-state index contributed by atoms with van der Waals surface area (Å²) < 4.78 is 45.3. The Morgan fingerprint density at radius 1 is 0.560 bits per heavy atom. The monoisotopic (exact) mass is 684 g/mol. The van der Waals surface area contributed by atoms with E-state index in [1.165, 1.54) is 0 Å². The molecule has 0 spiro atoms. The van der Waals surface area contributed by atoms with Gasteiger partial charge in [0.1, 0.15) is 34.3 Å². The highest BCUT2D eigenvalue weighted by molar-refractivity contribution is 7.91. The smallest absolute Gasteiger partial charge is 0.206 e. The third-order valence-corrected chi connectivity index (χ3v) is 10.4. The SMILES string of the molecule is CCC(C)(Oc1ccc(-c2ccc(O)cc2)cc1)c1ccc(S(=O)(=O)c2ccc(Oc3ccc(-c4ccc(OC(C)C)cc4)cc3)cc2)cc1. The van der Waals surface area contributed by atoms with Gasteiger partial charge in [-0.05, 0) is 140 Å². The van der Waals surface area contributed by atoms with Crippen LogP contribution in [0.25, 0.3) is 22.3 Å². The maximum atomic E-state index is 13.5. The first kappa shape index (κ1) is 34.3.